The molecule has 0 aliphatic carbocycles. The highest BCUT2D eigenvalue weighted by molar-refractivity contribution is 7.91. The fourth-order valence-electron chi connectivity index (χ4n) is 2.00. The molecule has 0 aromatic heterocycles. The lowest BCUT2D eigenvalue weighted by molar-refractivity contribution is -0.147. The Morgan fingerprint density at radius 3 is 2.35 bits per heavy atom. The van der Waals surface area contributed by atoms with Crippen molar-refractivity contribution in [1.82, 2.24) is 0 Å². The fourth-order valence-corrected chi connectivity index (χ4v) is 3.80. The topological polar surface area (TPSA) is 99.1 Å². The number of sulfone groups is 1. The molecule has 120 valence electrons. The average Bonchev–Trinajstić information content (AvgIpc) is 2.87. The van der Waals surface area contributed by atoms with E-state index in [-0.39, 0.29) is 26.3 Å². The first-order chi connectivity index (χ1) is 10.9. The van der Waals surface area contributed by atoms with Gasteiger partial charge in [-0.3, -0.25) is 0 Å². The summed E-state index contributed by atoms with van der Waals surface area (Å²) in [5.41, 5.74) is 0. The van der Waals surface area contributed by atoms with E-state index in [2.05, 4.69) is 4.74 Å². The second kappa shape index (κ2) is 5.64. The Morgan fingerprint density at radius 1 is 1.13 bits per heavy atom. The Kier molecular flexibility index (Phi) is 3.78. The second-order valence-corrected chi connectivity index (χ2v) is 6.78. The SMILES string of the molecule is O=C(O)OC1Oc2cc(Cl)c(S(=O)(=O)c3ccccc3)cc2O1. The molecule has 1 heterocycles. The molecule has 1 aliphatic heterocycles. The lowest BCUT2D eigenvalue weighted by atomic mass is 10.3. The van der Waals surface area contributed by atoms with Crippen molar-refractivity contribution in [3.05, 3.63) is 47.5 Å². The highest BCUT2D eigenvalue weighted by Gasteiger charge is 2.31. The smallest absolute Gasteiger partial charge is 0.450 e. The first-order valence-electron chi connectivity index (χ1n) is 6.24. The predicted molar refractivity (Wildman–Crippen MR) is 77.5 cm³/mol. The van der Waals surface area contributed by atoms with E-state index in [0.29, 0.717) is 0 Å². The summed E-state index contributed by atoms with van der Waals surface area (Å²) in [4.78, 5) is 10.4. The molecule has 3 rings (SSSR count). The first kappa shape index (κ1) is 15.4. The summed E-state index contributed by atoms with van der Waals surface area (Å²) in [5.74, 6) is 0.114. The van der Waals surface area contributed by atoms with Crippen LogP contribution in [0.15, 0.2) is 52.3 Å². The van der Waals surface area contributed by atoms with E-state index in [0.717, 1.165) is 0 Å². The molecule has 0 amide bonds. The van der Waals surface area contributed by atoms with Crippen LogP contribution in [0.5, 0.6) is 11.5 Å². The monoisotopic (exact) mass is 356 g/mol. The van der Waals surface area contributed by atoms with E-state index in [1.807, 2.05) is 0 Å². The predicted octanol–water partition coefficient (Wildman–Crippen LogP) is 2.92. The Bertz CT molecular complexity index is 864. The van der Waals surface area contributed by atoms with E-state index in [9.17, 15) is 13.2 Å². The van der Waals surface area contributed by atoms with Crippen LogP contribution < -0.4 is 9.47 Å². The van der Waals surface area contributed by atoms with Crippen molar-refractivity contribution < 1.29 is 32.5 Å². The Hall–Kier alpha value is -2.45. The zero-order valence-corrected chi connectivity index (χ0v) is 12.9. The van der Waals surface area contributed by atoms with Crippen LogP contribution >= 0.6 is 11.6 Å². The maximum atomic E-state index is 12.6. The number of carbonyl (C=O) groups is 1. The highest BCUT2D eigenvalue weighted by atomic mass is 35.5. The van der Waals surface area contributed by atoms with Crippen LogP contribution in [-0.2, 0) is 14.6 Å². The maximum Gasteiger partial charge on any atom is 0.511 e. The summed E-state index contributed by atoms with van der Waals surface area (Å²) < 4.78 is 39.7. The van der Waals surface area contributed by atoms with Crippen LogP contribution in [0.2, 0.25) is 5.02 Å². The molecule has 1 N–H and O–H groups in total. The van der Waals surface area contributed by atoms with Gasteiger partial charge in [0.2, 0.25) is 9.84 Å². The van der Waals surface area contributed by atoms with Crippen molar-refractivity contribution in [1.29, 1.82) is 0 Å². The number of hydrogen-bond acceptors (Lipinski definition) is 6. The van der Waals surface area contributed by atoms with Crippen LogP contribution in [0, 0.1) is 0 Å². The van der Waals surface area contributed by atoms with E-state index in [1.165, 1.54) is 24.3 Å². The average molecular weight is 357 g/mol. The van der Waals surface area contributed by atoms with Gasteiger partial charge in [0.15, 0.2) is 11.5 Å². The minimum Gasteiger partial charge on any atom is -0.450 e. The van der Waals surface area contributed by atoms with Crippen molar-refractivity contribution in [2.24, 2.45) is 0 Å². The number of hydrogen-bond donors (Lipinski definition) is 1. The van der Waals surface area contributed by atoms with Crippen LogP contribution in [0.4, 0.5) is 4.79 Å². The number of fused-ring (bicyclic) bond motifs is 1. The lowest BCUT2D eigenvalue weighted by Crippen LogP contribution is -2.24. The van der Waals surface area contributed by atoms with Crippen LogP contribution in [0.3, 0.4) is 0 Å². The van der Waals surface area contributed by atoms with Gasteiger partial charge in [-0.1, -0.05) is 29.8 Å². The normalized spacial score (nSPS) is 16.1. The van der Waals surface area contributed by atoms with Crippen LogP contribution in [-0.4, -0.2) is 26.2 Å². The number of halogens is 1. The molecule has 0 spiro atoms. The minimum absolute atomic E-state index is 0.0233. The van der Waals surface area contributed by atoms with Gasteiger partial charge < -0.3 is 19.3 Å². The number of ether oxygens (including phenoxy) is 3. The highest BCUT2D eigenvalue weighted by Crippen LogP contribution is 2.41. The van der Waals surface area contributed by atoms with E-state index >= 15 is 0 Å². The Labute approximate surface area is 135 Å². The standard InChI is InChI=1S/C14H9ClO7S/c15-9-6-10-11(21-14(20-10)22-13(16)17)7-12(9)23(18,19)8-4-2-1-3-5-8/h1-7,14H,(H,16,17). The van der Waals surface area contributed by atoms with Gasteiger partial charge in [-0.2, -0.15) is 0 Å². The molecular weight excluding hydrogens is 348 g/mol. The number of carboxylic acid groups (broad SMARTS) is 1. The molecule has 0 fully saturated rings. The number of benzene rings is 2. The van der Waals surface area contributed by atoms with Crippen LogP contribution in [0.25, 0.3) is 0 Å². The third-order valence-corrected chi connectivity index (χ3v) is 5.22. The van der Waals surface area contributed by atoms with Gasteiger partial charge in [-0.25, -0.2) is 13.2 Å². The lowest BCUT2D eigenvalue weighted by Gasteiger charge is -2.07. The van der Waals surface area contributed by atoms with Gasteiger partial charge in [0, 0.05) is 12.1 Å². The Morgan fingerprint density at radius 2 is 1.74 bits per heavy atom. The molecule has 0 radical (unpaired) electrons. The van der Waals surface area contributed by atoms with Gasteiger partial charge in [0.1, 0.15) is 0 Å². The summed E-state index contributed by atoms with van der Waals surface area (Å²) in [5, 5.41) is 8.46. The molecule has 2 aromatic rings. The third-order valence-electron chi connectivity index (χ3n) is 2.98. The van der Waals surface area contributed by atoms with Crippen molar-refractivity contribution in [3.63, 3.8) is 0 Å². The van der Waals surface area contributed by atoms with Crippen molar-refractivity contribution >= 4 is 27.6 Å². The van der Waals surface area contributed by atoms with Gasteiger partial charge in [0.05, 0.1) is 14.8 Å². The molecule has 0 saturated heterocycles. The zero-order valence-electron chi connectivity index (χ0n) is 11.3. The third kappa shape index (κ3) is 2.90. The fraction of sp³-hybridized carbons (Fsp3) is 0.0714. The van der Waals surface area contributed by atoms with E-state index < -0.39 is 22.5 Å². The second-order valence-electron chi connectivity index (χ2n) is 4.45. The molecule has 9 heteroatoms. The summed E-state index contributed by atoms with van der Waals surface area (Å²) >= 11 is 6.02. The minimum atomic E-state index is -3.86. The zero-order chi connectivity index (χ0) is 16.6. The van der Waals surface area contributed by atoms with E-state index in [1.54, 1.807) is 18.2 Å². The molecule has 1 unspecified atom stereocenters. The summed E-state index contributed by atoms with van der Waals surface area (Å²) in [6.07, 6.45) is -1.59. The molecule has 2 aromatic carbocycles. The van der Waals surface area contributed by atoms with Gasteiger partial charge in [-0.05, 0) is 12.1 Å². The van der Waals surface area contributed by atoms with Crippen molar-refractivity contribution in [2.75, 3.05) is 0 Å². The molecule has 0 saturated carbocycles. The van der Waals surface area contributed by atoms with Crippen molar-refractivity contribution in [3.8, 4) is 11.5 Å². The summed E-state index contributed by atoms with van der Waals surface area (Å²) in [7, 11) is -3.86. The maximum absolute atomic E-state index is 12.6. The molecule has 23 heavy (non-hydrogen) atoms. The molecule has 1 aliphatic rings. The van der Waals surface area contributed by atoms with Gasteiger partial charge in [0.25, 0.3) is 0 Å². The van der Waals surface area contributed by atoms with Crippen molar-refractivity contribution in [2.45, 2.75) is 16.3 Å². The molecule has 7 nitrogen and oxygen atoms in total. The number of rotatable bonds is 3. The largest absolute Gasteiger partial charge is 0.511 e. The molecule has 0 bridgehead atoms. The molecular formula is C14H9ClO7S. The summed E-state index contributed by atoms with van der Waals surface area (Å²) in [6, 6.07) is 10.1. The van der Waals surface area contributed by atoms with Crippen LogP contribution in [0.1, 0.15) is 0 Å². The molecule has 1 atom stereocenters. The quantitative estimate of drug-likeness (QED) is 0.844. The first-order valence-corrected chi connectivity index (χ1v) is 8.10. The summed E-state index contributed by atoms with van der Waals surface area (Å²) in [6.45, 7) is -1.51. The Balaban J connectivity index is 2.00. The van der Waals surface area contributed by atoms with Gasteiger partial charge >= 0.3 is 12.6 Å². The van der Waals surface area contributed by atoms with Gasteiger partial charge in [-0.15, -0.1) is 0 Å². The van der Waals surface area contributed by atoms with E-state index in [4.69, 9.17) is 26.2 Å².